The second kappa shape index (κ2) is 9.80. The Morgan fingerprint density at radius 2 is 1.73 bits per heavy atom. The number of para-hydroxylation sites is 1. The van der Waals surface area contributed by atoms with Crippen molar-refractivity contribution in [2.24, 2.45) is 4.40 Å². The number of anilines is 2. The molecule has 0 aliphatic carbocycles. The van der Waals surface area contributed by atoms with Gasteiger partial charge in [0.05, 0.1) is 18.0 Å². The van der Waals surface area contributed by atoms with Crippen molar-refractivity contribution in [1.82, 2.24) is 0 Å². The number of thioether (sulfide) groups is 1. The molecule has 1 heterocycles. The maximum Gasteiger partial charge on any atom is 0.286 e. The summed E-state index contributed by atoms with van der Waals surface area (Å²) in [4.78, 5) is 16.8. The van der Waals surface area contributed by atoms with Gasteiger partial charge in [-0.2, -0.15) is 8.42 Å². The van der Waals surface area contributed by atoms with Gasteiger partial charge < -0.3 is 9.80 Å². The molecule has 3 aromatic carbocycles. The highest BCUT2D eigenvalue weighted by Gasteiger charge is 2.31. The van der Waals surface area contributed by atoms with Crippen LogP contribution in [0.1, 0.15) is 18.1 Å². The number of hydrogen-bond acceptors (Lipinski definition) is 5. The maximum absolute atomic E-state index is 13.1. The SMILES string of the molecule is CCN(C(=O)CSC1=NS(=O)(=O)c2ccccc2N1Cc1ccccc1)c1cccc(C)c1. The molecule has 0 atom stereocenters. The molecule has 1 aliphatic rings. The summed E-state index contributed by atoms with van der Waals surface area (Å²) in [6.45, 7) is 4.87. The van der Waals surface area contributed by atoms with Gasteiger partial charge in [-0.3, -0.25) is 4.79 Å². The number of amides is 1. The van der Waals surface area contributed by atoms with Gasteiger partial charge in [0.1, 0.15) is 4.90 Å². The van der Waals surface area contributed by atoms with E-state index in [0.717, 1.165) is 28.6 Å². The lowest BCUT2D eigenvalue weighted by Gasteiger charge is -2.30. The van der Waals surface area contributed by atoms with E-state index in [0.29, 0.717) is 23.9 Å². The number of carbonyl (C=O) groups is 1. The molecular formula is C25H25N3O3S2. The highest BCUT2D eigenvalue weighted by molar-refractivity contribution is 8.15. The smallest absolute Gasteiger partial charge is 0.286 e. The van der Waals surface area contributed by atoms with Crippen LogP contribution in [0.5, 0.6) is 0 Å². The van der Waals surface area contributed by atoms with Crippen molar-refractivity contribution in [1.29, 1.82) is 0 Å². The van der Waals surface area contributed by atoms with Crippen LogP contribution in [0.4, 0.5) is 11.4 Å². The molecular weight excluding hydrogens is 454 g/mol. The van der Waals surface area contributed by atoms with E-state index in [1.807, 2.05) is 79.4 Å². The summed E-state index contributed by atoms with van der Waals surface area (Å²) in [6, 6.07) is 24.4. The zero-order valence-electron chi connectivity index (χ0n) is 18.5. The molecule has 0 saturated carbocycles. The summed E-state index contributed by atoms with van der Waals surface area (Å²) in [5.74, 6) is -0.0319. The van der Waals surface area contributed by atoms with Crippen LogP contribution in [-0.4, -0.2) is 31.8 Å². The molecule has 170 valence electrons. The van der Waals surface area contributed by atoms with Crippen LogP contribution in [-0.2, 0) is 21.4 Å². The predicted octanol–water partition coefficient (Wildman–Crippen LogP) is 4.85. The average molecular weight is 480 g/mol. The normalized spacial score (nSPS) is 14.4. The van der Waals surface area contributed by atoms with E-state index in [1.54, 1.807) is 23.1 Å². The van der Waals surface area contributed by atoms with Crippen LogP contribution < -0.4 is 9.80 Å². The van der Waals surface area contributed by atoms with Crippen molar-refractivity contribution in [3.8, 4) is 0 Å². The Hall–Kier alpha value is -3.10. The lowest BCUT2D eigenvalue weighted by Crippen LogP contribution is -2.36. The number of benzene rings is 3. The molecule has 1 amide bonds. The van der Waals surface area contributed by atoms with Crippen molar-refractivity contribution in [2.75, 3.05) is 22.1 Å². The van der Waals surface area contributed by atoms with Gasteiger partial charge in [0.15, 0.2) is 5.17 Å². The highest BCUT2D eigenvalue weighted by atomic mass is 32.2. The van der Waals surface area contributed by atoms with Crippen molar-refractivity contribution >= 4 is 44.2 Å². The summed E-state index contributed by atoms with van der Waals surface area (Å²) >= 11 is 1.15. The van der Waals surface area contributed by atoms with Gasteiger partial charge in [0.25, 0.3) is 10.0 Å². The largest absolute Gasteiger partial charge is 0.315 e. The van der Waals surface area contributed by atoms with Gasteiger partial charge >= 0.3 is 0 Å². The summed E-state index contributed by atoms with van der Waals surface area (Å²) in [5.41, 5.74) is 3.48. The van der Waals surface area contributed by atoms with Gasteiger partial charge in [0.2, 0.25) is 5.91 Å². The molecule has 0 saturated heterocycles. The number of sulfonamides is 1. The molecule has 0 N–H and O–H groups in total. The summed E-state index contributed by atoms with van der Waals surface area (Å²) < 4.78 is 29.8. The van der Waals surface area contributed by atoms with Crippen molar-refractivity contribution < 1.29 is 13.2 Å². The Balaban J connectivity index is 1.61. The first-order valence-electron chi connectivity index (χ1n) is 10.6. The Morgan fingerprint density at radius 3 is 2.45 bits per heavy atom. The third kappa shape index (κ3) is 5.12. The summed E-state index contributed by atoms with van der Waals surface area (Å²) in [7, 11) is -3.85. The van der Waals surface area contributed by atoms with Gasteiger partial charge in [-0.05, 0) is 49.2 Å². The number of hydrogen-bond donors (Lipinski definition) is 0. The molecule has 0 aromatic heterocycles. The summed E-state index contributed by atoms with van der Waals surface area (Å²) in [5, 5.41) is 0.297. The molecule has 0 bridgehead atoms. The maximum atomic E-state index is 13.1. The number of amidine groups is 1. The minimum atomic E-state index is -3.85. The first kappa shape index (κ1) is 23.1. The van der Waals surface area contributed by atoms with Crippen LogP contribution in [0.2, 0.25) is 0 Å². The molecule has 33 heavy (non-hydrogen) atoms. The Bertz CT molecular complexity index is 1290. The van der Waals surface area contributed by atoms with Crippen LogP contribution >= 0.6 is 11.8 Å². The van der Waals surface area contributed by atoms with E-state index in [9.17, 15) is 13.2 Å². The fraction of sp³-hybridized carbons (Fsp3) is 0.200. The molecule has 4 rings (SSSR count). The van der Waals surface area contributed by atoms with E-state index in [2.05, 4.69) is 4.40 Å². The van der Waals surface area contributed by atoms with E-state index < -0.39 is 10.0 Å². The molecule has 0 fully saturated rings. The molecule has 8 heteroatoms. The molecule has 3 aromatic rings. The lowest BCUT2D eigenvalue weighted by molar-refractivity contribution is -0.116. The minimum Gasteiger partial charge on any atom is -0.315 e. The van der Waals surface area contributed by atoms with E-state index in [-0.39, 0.29) is 16.6 Å². The standard InChI is InChI=1S/C25H25N3O3S2/c1-3-27(21-13-9-10-19(2)16-21)24(29)18-32-25-26-33(30,31)23-15-8-7-14-22(23)28(25)17-20-11-5-4-6-12-20/h4-16H,3,17-18H2,1-2H3. The zero-order valence-corrected chi connectivity index (χ0v) is 20.1. The summed E-state index contributed by atoms with van der Waals surface area (Å²) in [6.07, 6.45) is 0. The number of rotatable bonds is 6. The van der Waals surface area contributed by atoms with Crippen molar-refractivity contribution in [3.05, 3.63) is 90.0 Å². The third-order valence-electron chi connectivity index (χ3n) is 5.30. The van der Waals surface area contributed by atoms with E-state index >= 15 is 0 Å². The Morgan fingerprint density at radius 1 is 1.00 bits per heavy atom. The molecule has 0 spiro atoms. The van der Waals surface area contributed by atoms with Crippen LogP contribution in [0.3, 0.4) is 0 Å². The van der Waals surface area contributed by atoms with E-state index in [1.165, 1.54) is 0 Å². The molecule has 0 radical (unpaired) electrons. The van der Waals surface area contributed by atoms with Gasteiger partial charge in [-0.15, -0.1) is 4.40 Å². The van der Waals surface area contributed by atoms with Crippen LogP contribution in [0.15, 0.2) is 88.2 Å². The molecule has 0 unspecified atom stereocenters. The topological polar surface area (TPSA) is 70.0 Å². The van der Waals surface area contributed by atoms with Gasteiger partial charge in [0, 0.05) is 12.2 Å². The van der Waals surface area contributed by atoms with Crippen LogP contribution in [0, 0.1) is 6.92 Å². The lowest BCUT2D eigenvalue weighted by atomic mass is 10.2. The highest BCUT2D eigenvalue weighted by Crippen LogP contribution is 2.35. The number of nitrogens with zero attached hydrogens (tertiary/aromatic N) is 3. The second-order valence-corrected chi connectivity index (χ2v) is 10.2. The number of aryl methyl sites for hydroxylation is 1. The van der Waals surface area contributed by atoms with Crippen LogP contribution in [0.25, 0.3) is 0 Å². The number of fused-ring (bicyclic) bond motifs is 1. The fourth-order valence-corrected chi connectivity index (χ4v) is 6.06. The van der Waals surface area contributed by atoms with Crippen molar-refractivity contribution in [3.63, 3.8) is 0 Å². The number of carbonyl (C=O) groups excluding carboxylic acids is 1. The van der Waals surface area contributed by atoms with Gasteiger partial charge in [-0.25, -0.2) is 0 Å². The average Bonchev–Trinajstić information content (AvgIpc) is 2.81. The van der Waals surface area contributed by atoms with Gasteiger partial charge in [-0.1, -0.05) is 66.4 Å². The second-order valence-electron chi connectivity index (χ2n) is 7.65. The molecule has 1 aliphatic heterocycles. The first-order valence-corrected chi connectivity index (χ1v) is 13.1. The first-order chi connectivity index (χ1) is 15.9. The third-order valence-corrected chi connectivity index (χ3v) is 7.69. The monoisotopic (exact) mass is 479 g/mol. The minimum absolute atomic E-state index is 0.0730. The van der Waals surface area contributed by atoms with E-state index in [4.69, 9.17) is 0 Å². The quantitative estimate of drug-likeness (QED) is 0.506. The fourth-order valence-electron chi connectivity index (χ4n) is 3.73. The van der Waals surface area contributed by atoms with Crippen molar-refractivity contribution in [2.45, 2.75) is 25.3 Å². The Kier molecular flexibility index (Phi) is 6.85. The Labute approximate surface area is 199 Å². The molecule has 6 nitrogen and oxygen atoms in total. The zero-order chi connectivity index (χ0) is 23.4. The predicted molar refractivity (Wildman–Crippen MR) is 135 cm³/mol.